The molecular formula is C12H13NO. The van der Waals surface area contributed by atoms with Crippen LogP contribution in [0.3, 0.4) is 0 Å². The second kappa shape index (κ2) is 3.05. The zero-order chi connectivity index (χ0) is 9.38. The van der Waals surface area contributed by atoms with Gasteiger partial charge in [0, 0.05) is 11.6 Å². The molecule has 1 fully saturated rings. The lowest BCUT2D eigenvalue weighted by Gasteiger charge is -2.26. The number of hydrogen-bond acceptors (Lipinski definition) is 1. The van der Waals surface area contributed by atoms with Crippen LogP contribution in [0, 0.1) is 0 Å². The summed E-state index contributed by atoms with van der Waals surface area (Å²) in [5, 5.41) is 1.22. The first kappa shape index (κ1) is 7.92. The minimum atomic E-state index is 0.448. The summed E-state index contributed by atoms with van der Waals surface area (Å²) in [6, 6.07) is 8.25. The van der Waals surface area contributed by atoms with Gasteiger partial charge >= 0.3 is 0 Å². The number of para-hydroxylation sites is 1. The molecule has 1 N–H and O–H groups in total. The predicted octanol–water partition coefficient (Wildman–Crippen LogP) is 3.10. The molecular weight excluding hydrogens is 174 g/mol. The molecule has 1 aromatic heterocycles. The molecule has 1 heterocycles. The van der Waals surface area contributed by atoms with Gasteiger partial charge in [-0.25, -0.2) is 0 Å². The van der Waals surface area contributed by atoms with E-state index in [1.54, 1.807) is 0 Å². The zero-order valence-corrected chi connectivity index (χ0v) is 7.99. The van der Waals surface area contributed by atoms with Gasteiger partial charge < -0.3 is 9.72 Å². The van der Waals surface area contributed by atoms with E-state index in [1.165, 1.54) is 24.6 Å². The van der Waals surface area contributed by atoms with Crippen molar-refractivity contribution in [2.75, 3.05) is 0 Å². The zero-order valence-electron chi connectivity index (χ0n) is 7.99. The van der Waals surface area contributed by atoms with Crippen molar-refractivity contribution in [3.05, 3.63) is 30.5 Å². The summed E-state index contributed by atoms with van der Waals surface area (Å²) >= 11 is 0. The number of hydrogen-bond donors (Lipinski definition) is 1. The fourth-order valence-electron chi connectivity index (χ4n) is 1.82. The number of rotatable bonds is 2. The van der Waals surface area contributed by atoms with Crippen LogP contribution in [0.25, 0.3) is 10.9 Å². The van der Waals surface area contributed by atoms with Crippen molar-refractivity contribution in [2.24, 2.45) is 0 Å². The number of nitrogens with one attached hydrogen (secondary N) is 1. The largest absolute Gasteiger partial charge is 0.488 e. The maximum absolute atomic E-state index is 5.89. The standard InChI is InChI=1S/C12H13NO/c1-3-9-7-8-13-12(9)11(6-1)14-10-4-2-5-10/h1,3,6-8,10,13H,2,4-5H2. The summed E-state index contributed by atoms with van der Waals surface area (Å²) in [5.41, 5.74) is 1.12. The molecule has 1 aromatic carbocycles. The van der Waals surface area contributed by atoms with Crippen molar-refractivity contribution in [1.29, 1.82) is 0 Å². The molecule has 0 aliphatic heterocycles. The molecule has 2 nitrogen and oxygen atoms in total. The fraction of sp³-hybridized carbons (Fsp3) is 0.333. The first-order valence-electron chi connectivity index (χ1n) is 5.16. The number of aromatic amines is 1. The van der Waals surface area contributed by atoms with Crippen LogP contribution < -0.4 is 4.74 Å². The van der Waals surface area contributed by atoms with Crippen molar-refractivity contribution >= 4 is 10.9 Å². The Morgan fingerprint density at radius 3 is 2.93 bits per heavy atom. The van der Waals surface area contributed by atoms with Gasteiger partial charge in [0.15, 0.2) is 0 Å². The van der Waals surface area contributed by atoms with Gasteiger partial charge in [-0.3, -0.25) is 0 Å². The van der Waals surface area contributed by atoms with Gasteiger partial charge in [-0.15, -0.1) is 0 Å². The molecule has 1 aliphatic rings. The van der Waals surface area contributed by atoms with Crippen LogP contribution in [-0.4, -0.2) is 11.1 Å². The van der Waals surface area contributed by atoms with Crippen molar-refractivity contribution in [2.45, 2.75) is 25.4 Å². The van der Waals surface area contributed by atoms with Crippen LogP contribution in [0.4, 0.5) is 0 Å². The van der Waals surface area contributed by atoms with Crippen molar-refractivity contribution in [3.63, 3.8) is 0 Å². The number of benzene rings is 1. The molecule has 0 atom stereocenters. The summed E-state index contributed by atoms with van der Waals surface area (Å²) in [6.45, 7) is 0. The Hall–Kier alpha value is -1.44. The Labute approximate surface area is 82.9 Å². The third-order valence-corrected chi connectivity index (χ3v) is 2.89. The molecule has 2 heteroatoms. The highest BCUT2D eigenvalue weighted by Gasteiger charge is 2.19. The van der Waals surface area contributed by atoms with E-state index in [0.29, 0.717) is 6.10 Å². The highest BCUT2D eigenvalue weighted by Crippen LogP contribution is 2.29. The molecule has 0 spiro atoms. The van der Waals surface area contributed by atoms with E-state index in [2.05, 4.69) is 17.1 Å². The Morgan fingerprint density at radius 2 is 2.14 bits per heavy atom. The van der Waals surface area contributed by atoms with Crippen LogP contribution in [0.1, 0.15) is 19.3 Å². The average Bonchev–Trinajstić information content (AvgIpc) is 2.59. The molecule has 14 heavy (non-hydrogen) atoms. The number of ether oxygens (including phenoxy) is 1. The molecule has 0 unspecified atom stereocenters. The van der Waals surface area contributed by atoms with Crippen LogP contribution in [-0.2, 0) is 0 Å². The minimum absolute atomic E-state index is 0.448. The van der Waals surface area contributed by atoms with Crippen LogP contribution >= 0.6 is 0 Å². The quantitative estimate of drug-likeness (QED) is 0.767. The molecule has 0 bridgehead atoms. The Kier molecular flexibility index (Phi) is 1.72. The predicted molar refractivity (Wildman–Crippen MR) is 56.6 cm³/mol. The average molecular weight is 187 g/mol. The maximum atomic E-state index is 5.89. The van der Waals surface area contributed by atoms with Gasteiger partial charge in [0.25, 0.3) is 0 Å². The van der Waals surface area contributed by atoms with E-state index in [0.717, 1.165) is 11.3 Å². The molecule has 1 aliphatic carbocycles. The summed E-state index contributed by atoms with van der Waals surface area (Å²) in [5.74, 6) is 0.997. The normalized spacial score (nSPS) is 16.9. The SMILES string of the molecule is c1cc(OC2CCC2)c2[nH]ccc2c1. The van der Waals surface area contributed by atoms with Gasteiger partial charge in [-0.2, -0.15) is 0 Å². The van der Waals surface area contributed by atoms with E-state index in [9.17, 15) is 0 Å². The van der Waals surface area contributed by atoms with Gasteiger partial charge in [-0.05, 0) is 31.4 Å². The van der Waals surface area contributed by atoms with Crippen molar-refractivity contribution in [1.82, 2.24) is 4.98 Å². The summed E-state index contributed by atoms with van der Waals surface area (Å²) < 4.78 is 5.89. The number of aromatic nitrogens is 1. The summed E-state index contributed by atoms with van der Waals surface area (Å²) in [4.78, 5) is 3.22. The molecule has 72 valence electrons. The molecule has 0 radical (unpaired) electrons. The lowest BCUT2D eigenvalue weighted by molar-refractivity contribution is 0.122. The number of H-pyrrole nitrogens is 1. The molecule has 0 amide bonds. The Bertz CT molecular complexity index is 442. The third kappa shape index (κ3) is 1.18. The second-order valence-electron chi connectivity index (χ2n) is 3.87. The Morgan fingerprint density at radius 1 is 1.21 bits per heavy atom. The van der Waals surface area contributed by atoms with Crippen LogP contribution in [0.2, 0.25) is 0 Å². The lowest BCUT2D eigenvalue weighted by atomic mass is 9.96. The number of fused-ring (bicyclic) bond motifs is 1. The van der Waals surface area contributed by atoms with E-state index in [4.69, 9.17) is 4.74 Å². The van der Waals surface area contributed by atoms with Crippen molar-refractivity contribution < 1.29 is 4.74 Å². The smallest absolute Gasteiger partial charge is 0.143 e. The molecule has 0 saturated heterocycles. The van der Waals surface area contributed by atoms with E-state index < -0.39 is 0 Å². The molecule has 1 saturated carbocycles. The van der Waals surface area contributed by atoms with Crippen LogP contribution in [0.15, 0.2) is 30.5 Å². The Balaban J connectivity index is 1.97. The van der Waals surface area contributed by atoms with Gasteiger partial charge in [0.05, 0.1) is 11.6 Å². The second-order valence-corrected chi connectivity index (χ2v) is 3.87. The lowest BCUT2D eigenvalue weighted by Crippen LogP contribution is -2.24. The van der Waals surface area contributed by atoms with Gasteiger partial charge in [-0.1, -0.05) is 12.1 Å². The van der Waals surface area contributed by atoms with Gasteiger partial charge in [0.2, 0.25) is 0 Å². The monoisotopic (exact) mass is 187 g/mol. The van der Waals surface area contributed by atoms with E-state index in [1.807, 2.05) is 18.3 Å². The fourth-order valence-corrected chi connectivity index (χ4v) is 1.82. The van der Waals surface area contributed by atoms with Crippen molar-refractivity contribution in [3.8, 4) is 5.75 Å². The maximum Gasteiger partial charge on any atom is 0.143 e. The third-order valence-electron chi connectivity index (χ3n) is 2.89. The molecule has 2 aromatic rings. The first-order valence-corrected chi connectivity index (χ1v) is 5.16. The van der Waals surface area contributed by atoms with E-state index >= 15 is 0 Å². The highest BCUT2D eigenvalue weighted by atomic mass is 16.5. The summed E-state index contributed by atoms with van der Waals surface area (Å²) in [7, 11) is 0. The molecule has 3 rings (SSSR count). The van der Waals surface area contributed by atoms with Gasteiger partial charge in [0.1, 0.15) is 5.75 Å². The van der Waals surface area contributed by atoms with Crippen LogP contribution in [0.5, 0.6) is 5.75 Å². The first-order chi connectivity index (χ1) is 6.93. The highest BCUT2D eigenvalue weighted by molar-refractivity contribution is 5.85. The van der Waals surface area contributed by atoms with E-state index in [-0.39, 0.29) is 0 Å². The summed E-state index contributed by atoms with van der Waals surface area (Å²) in [6.07, 6.45) is 6.13. The topological polar surface area (TPSA) is 25.0 Å². The minimum Gasteiger partial charge on any atom is -0.488 e.